The molecular formula is C24H31Cl2N3O4S. The van der Waals surface area contributed by atoms with E-state index in [1.165, 1.54) is 23.1 Å². The first-order valence-electron chi connectivity index (χ1n) is 10.7. The van der Waals surface area contributed by atoms with E-state index in [1.807, 2.05) is 52.0 Å². The number of carbonyl (C=O) groups excluding carboxylic acids is 2. The zero-order valence-electron chi connectivity index (χ0n) is 20.2. The molecule has 0 aliphatic heterocycles. The number of amides is 2. The topological polar surface area (TPSA) is 86.8 Å². The predicted octanol–water partition coefficient (Wildman–Crippen LogP) is 4.40. The molecule has 2 aromatic carbocycles. The maximum Gasteiger partial charge on any atom is 0.244 e. The van der Waals surface area contributed by atoms with Gasteiger partial charge in [-0.15, -0.1) is 0 Å². The monoisotopic (exact) mass is 527 g/mol. The largest absolute Gasteiger partial charge is 0.350 e. The second-order valence-electron chi connectivity index (χ2n) is 9.29. The highest BCUT2D eigenvalue weighted by Gasteiger charge is 2.31. The lowest BCUT2D eigenvalue weighted by atomic mass is 10.1. The molecule has 0 heterocycles. The Bertz CT molecular complexity index is 1150. The van der Waals surface area contributed by atoms with Crippen molar-refractivity contribution in [2.45, 2.75) is 52.7 Å². The summed E-state index contributed by atoms with van der Waals surface area (Å²) in [6.45, 7) is 8.75. The lowest BCUT2D eigenvalue weighted by Gasteiger charge is -2.33. The van der Waals surface area contributed by atoms with E-state index in [2.05, 4.69) is 5.32 Å². The molecule has 34 heavy (non-hydrogen) atoms. The number of nitrogens with one attached hydrogen (secondary N) is 1. The molecule has 2 aromatic rings. The SMILES string of the molecule is Cc1ccc(CN(C(=O)CN(c2ccc(Cl)c(Cl)c2)S(C)(=O)=O)[C@H](C)C(=O)NC(C)(C)C)cc1. The highest BCUT2D eigenvalue weighted by molar-refractivity contribution is 7.92. The molecule has 1 atom stereocenters. The summed E-state index contributed by atoms with van der Waals surface area (Å²) in [6, 6.07) is 11.1. The highest BCUT2D eigenvalue weighted by Crippen LogP contribution is 2.28. The van der Waals surface area contributed by atoms with E-state index in [0.29, 0.717) is 0 Å². The van der Waals surface area contributed by atoms with Crippen molar-refractivity contribution >= 4 is 50.7 Å². The van der Waals surface area contributed by atoms with Gasteiger partial charge in [-0.1, -0.05) is 53.0 Å². The van der Waals surface area contributed by atoms with Gasteiger partial charge < -0.3 is 10.2 Å². The van der Waals surface area contributed by atoms with Crippen LogP contribution < -0.4 is 9.62 Å². The summed E-state index contributed by atoms with van der Waals surface area (Å²) in [7, 11) is -3.85. The first kappa shape index (κ1) is 28.0. The molecule has 0 spiro atoms. The highest BCUT2D eigenvalue weighted by atomic mass is 35.5. The summed E-state index contributed by atoms with van der Waals surface area (Å²) >= 11 is 12.0. The van der Waals surface area contributed by atoms with Crippen molar-refractivity contribution in [3.63, 3.8) is 0 Å². The average Bonchev–Trinajstić information content (AvgIpc) is 2.71. The summed E-state index contributed by atoms with van der Waals surface area (Å²) in [4.78, 5) is 27.8. The fraction of sp³-hybridized carbons (Fsp3) is 0.417. The van der Waals surface area contributed by atoms with Gasteiger partial charge in [-0.2, -0.15) is 0 Å². The van der Waals surface area contributed by atoms with E-state index in [-0.39, 0.29) is 28.2 Å². The van der Waals surface area contributed by atoms with Gasteiger partial charge in [0.25, 0.3) is 0 Å². The molecule has 10 heteroatoms. The van der Waals surface area contributed by atoms with Crippen LogP contribution in [-0.4, -0.2) is 49.5 Å². The van der Waals surface area contributed by atoms with Gasteiger partial charge in [0, 0.05) is 12.1 Å². The Morgan fingerprint density at radius 2 is 1.62 bits per heavy atom. The molecule has 2 amide bonds. The molecule has 7 nitrogen and oxygen atoms in total. The Hall–Kier alpha value is -2.29. The predicted molar refractivity (Wildman–Crippen MR) is 138 cm³/mol. The van der Waals surface area contributed by atoms with Crippen LogP contribution in [0.5, 0.6) is 0 Å². The van der Waals surface area contributed by atoms with Crippen LogP contribution in [0.3, 0.4) is 0 Å². The van der Waals surface area contributed by atoms with Crippen LogP contribution in [0.1, 0.15) is 38.8 Å². The van der Waals surface area contributed by atoms with Crippen molar-refractivity contribution in [2.24, 2.45) is 0 Å². The van der Waals surface area contributed by atoms with Gasteiger partial charge in [-0.25, -0.2) is 8.42 Å². The first-order chi connectivity index (χ1) is 15.6. The Morgan fingerprint density at radius 3 is 2.12 bits per heavy atom. The molecular weight excluding hydrogens is 497 g/mol. The molecule has 1 N–H and O–H groups in total. The normalized spacial score (nSPS) is 12.7. The van der Waals surface area contributed by atoms with Crippen LogP contribution in [0.25, 0.3) is 0 Å². The molecule has 186 valence electrons. The smallest absolute Gasteiger partial charge is 0.244 e. The van der Waals surface area contributed by atoms with E-state index in [0.717, 1.165) is 21.7 Å². The number of benzene rings is 2. The van der Waals surface area contributed by atoms with Gasteiger partial charge in [0.2, 0.25) is 21.8 Å². The maximum atomic E-state index is 13.5. The third kappa shape index (κ3) is 7.89. The Morgan fingerprint density at radius 1 is 1.03 bits per heavy atom. The molecule has 0 aliphatic rings. The quantitative estimate of drug-likeness (QED) is 0.551. The molecule has 0 aliphatic carbocycles. The molecule has 0 bridgehead atoms. The summed E-state index contributed by atoms with van der Waals surface area (Å²) in [5.41, 5.74) is 1.58. The summed E-state index contributed by atoms with van der Waals surface area (Å²) in [5.74, 6) is -0.873. The average molecular weight is 529 g/mol. The van der Waals surface area contributed by atoms with Crippen LogP contribution in [0, 0.1) is 6.92 Å². The van der Waals surface area contributed by atoms with Crippen molar-refractivity contribution in [1.82, 2.24) is 10.2 Å². The van der Waals surface area contributed by atoms with Crippen LogP contribution in [0.4, 0.5) is 5.69 Å². The minimum atomic E-state index is -3.85. The molecule has 0 aromatic heterocycles. The molecule has 0 radical (unpaired) electrons. The third-order valence-electron chi connectivity index (χ3n) is 5.01. The maximum absolute atomic E-state index is 13.5. The van der Waals surface area contributed by atoms with E-state index >= 15 is 0 Å². The van der Waals surface area contributed by atoms with E-state index < -0.39 is 34.1 Å². The molecule has 0 saturated heterocycles. The molecule has 0 fully saturated rings. The number of sulfonamides is 1. The Balaban J connectivity index is 2.41. The number of anilines is 1. The first-order valence-corrected chi connectivity index (χ1v) is 13.3. The van der Waals surface area contributed by atoms with E-state index in [9.17, 15) is 18.0 Å². The van der Waals surface area contributed by atoms with Gasteiger partial charge in [-0.05, 0) is 58.4 Å². The zero-order chi connectivity index (χ0) is 25.8. The van der Waals surface area contributed by atoms with Crippen LogP contribution in [-0.2, 0) is 26.2 Å². The minimum absolute atomic E-state index is 0.136. The van der Waals surface area contributed by atoms with Crippen LogP contribution in [0.15, 0.2) is 42.5 Å². The lowest BCUT2D eigenvalue weighted by molar-refractivity contribution is -0.140. The minimum Gasteiger partial charge on any atom is -0.350 e. The number of hydrogen-bond donors (Lipinski definition) is 1. The number of aryl methyl sites for hydroxylation is 1. The van der Waals surface area contributed by atoms with Gasteiger partial charge in [-0.3, -0.25) is 13.9 Å². The molecule has 0 saturated carbocycles. The lowest BCUT2D eigenvalue weighted by Crippen LogP contribution is -2.54. The van der Waals surface area contributed by atoms with Crippen LogP contribution >= 0.6 is 23.2 Å². The third-order valence-corrected chi connectivity index (χ3v) is 6.89. The summed E-state index contributed by atoms with van der Waals surface area (Å²) in [6.07, 6.45) is 1.00. The van der Waals surface area contributed by atoms with Gasteiger partial charge in [0.1, 0.15) is 12.6 Å². The van der Waals surface area contributed by atoms with Gasteiger partial charge in [0.05, 0.1) is 22.0 Å². The Labute approximate surface area is 212 Å². The summed E-state index contributed by atoms with van der Waals surface area (Å²) in [5, 5.41) is 3.31. The van der Waals surface area contributed by atoms with E-state index in [4.69, 9.17) is 23.2 Å². The Kier molecular flexibility index (Phi) is 9.02. The van der Waals surface area contributed by atoms with Crippen molar-refractivity contribution in [1.29, 1.82) is 0 Å². The van der Waals surface area contributed by atoms with E-state index in [1.54, 1.807) is 6.92 Å². The second kappa shape index (κ2) is 11.0. The fourth-order valence-corrected chi connectivity index (χ4v) is 4.33. The van der Waals surface area contributed by atoms with Crippen molar-refractivity contribution < 1.29 is 18.0 Å². The molecule has 2 rings (SSSR count). The number of rotatable bonds is 8. The molecule has 0 unspecified atom stereocenters. The van der Waals surface area contributed by atoms with Crippen molar-refractivity contribution in [2.75, 3.05) is 17.1 Å². The van der Waals surface area contributed by atoms with Crippen LogP contribution in [0.2, 0.25) is 10.0 Å². The second-order valence-corrected chi connectivity index (χ2v) is 12.0. The number of nitrogens with zero attached hydrogens (tertiary/aromatic N) is 2. The number of halogens is 2. The van der Waals surface area contributed by atoms with Gasteiger partial charge in [0.15, 0.2) is 0 Å². The standard InChI is InChI=1S/C24H31Cl2N3O4S/c1-16-7-9-18(10-8-16)14-28(17(2)23(31)27-24(3,4)5)22(30)15-29(34(6,32)33)19-11-12-20(25)21(26)13-19/h7-13,17H,14-15H2,1-6H3,(H,27,31)/t17-/m1/s1. The van der Waals surface area contributed by atoms with Crippen molar-refractivity contribution in [3.05, 3.63) is 63.6 Å². The van der Waals surface area contributed by atoms with Gasteiger partial charge >= 0.3 is 0 Å². The summed E-state index contributed by atoms with van der Waals surface area (Å²) < 4.78 is 26.1. The zero-order valence-corrected chi connectivity index (χ0v) is 22.6. The number of hydrogen-bond acceptors (Lipinski definition) is 4. The van der Waals surface area contributed by atoms with Crippen molar-refractivity contribution in [3.8, 4) is 0 Å². The number of carbonyl (C=O) groups is 2. The fourth-order valence-electron chi connectivity index (χ4n) is 3.20.